The molecule has 0 unspecified atom stereocenters. The SMILES string of the molecule is CSCCCNC(=O)c1cccc(OCC(=O)O)c1. The lowest BCUT2D eigenvalue weighted by molar-refractivity contribution is -0.139. The molecule has 0 aliphatic rings. The van der Waals surface area contributed by atoms with Crippen LogP contribution in [0.1, 0.15) is 16.8 Å². The average molecular weight is 283 g/mol. The van der Waals surface area contributed by atoms with E-state index in [1.165, 1.54) is 6.07 Å². The maximum Gasteiger partial charge on any atom is 0.341 e. The summed E-state index contributed by atoms with van der Waals surface area (Å²) in [5.41, 5.74) is 0.465. The summed E-state index contributed by atoms with van der Waals surface area (Å²) in [4.78, 5) is 22.2. The van der Waals surface area contributed by atoms with Gasteiger partial charge in [-0.25, -0.2) is 4.79 Å². The molecule has 0 aliphatic carbocycles. The second-order valence-electron chi connectivity index (χ2n) is 3.81. The molecule has 6 heteroatoms. The van der Waals surface area contributed by atoms with Crippen LogP contribution in [0.5, 0.6) is 5.75 Å². The molecule has 0 spiro atoms. The van der Waals surface area contributed by atoms with Gasteiger partial charge in [-0.3, -0.25) is 4.79 Å². The first-order valence-corrected chi connectivity index (χ1v) is 7.24. The van der Waals surface area contributed by atoms with Crippen LogP contribution in [0.15, 0.2) is 24.3 Å². The monoisotopic (exact) mass is 283 g/mol. The lowest BCUT2D eigenvalue weighted by Crippen LogP contribution is -2.24. The third-order valence-electron chi connectivity index (χ3n) is 2.27. The van der Waals surface area contributed by atoms with E-state index in [0.717, 1.165) is 12.2 Å². The standard InChI is InChI=1S/C13H17NO4S/c1-19-7-3-6-14-13(17)10-4-2-5-11(8-10)18-9-12(15)16/h2,4-5,8H,3,6-7,9H2,1H3,(H,14,17)(H,15,16). The molecule has 2 N–H and O–H groups in total. The van der Waals surface area contributed by atoms with Gasteiger partial charge in [-0.2, -0.15) is 11.8 Å². The third kappa shape index (κ3) is 6.15. The molecule has 1 aromatic carbocycles. The van der Waals surface area contributed by atoms with Gasteiger partial charge < -0.3 is 15.2 Å². The minimum atomic E-state index is -1.05. The zero-order valence-electron chi connectivity index (χ0n) is 10.7. The first-order chi connectivity index (χ1) is 9.13. The van der Waals surface area contributed by atoms with Crippen molar-refractivity contribution in [2.45, 2.75) is 6.42 Å². The topological polar surface area (TPSA) is 75.6 Å². The normalized spacial score (nSPS) is 9.95. The average Bonchev–Trinajstić information content (AvgIpc) is 2.41. The van der Waals surface area contributed by atoms with E-state index >= 15 is 0 Å². The molecule has 1 rings (SSSR count). The molecular weight excluding hydrogens is 266 g/mol. The second-order valence-corrected chi connectivity index (χ2v) is 4.80. The largest absolute Gasteiger partial charge is 0.482 e. The number of benzene rings is 1. The Balaban J connectivity index is 2.50. The fourth-order valence-corrected chi connectivity index (χ4v) is 1.83. The molecule has 0 aliphatic heterocycles. The summed E-state index contributed by atoms with van der Waals surface area (Å²) in [5.74, 6) is 0.148. The minimum Gasteiger partial charge on any atom is -0.482 e. The van der Waals surface area contributed by atoms with Crippen LogP contribution in [-0.2, 0) is 4.79 Å². The Bertz CT molecular complexity index is 436. The molecule has 0 aromatic heterocycles. The quantitative estimate of drug-likeness (QED) is 0.709. The first kappa shape index (κ1) is 15.4. The van der Waals surface area contributed by atoms with Crippen molar-refractivity contribution in [1.82, 2.24) is 5.32 Å². The highest BCUT2D eigenvalue weighted by atomic mass is 32.2. The number of carboxylic acid groups (broad SMARTS) is 1. The molecule has 0 saturated heterocycles. The number of carbonyl (C=O) groups is 2. The van der Waals surface area contributed by atoms with Gasteiger partial charge in [0.2, 0.25) is 0 Å². The number of hydrogen-bond donors (Lipinski definition) is 2. The predicted molar refractivity (Wildman–Crippen MR) is 74.9 cm³/mol. The van der Waals surface area contributed by atoms with Crippen molar-refractivity contribution in [3.63, 3.8) is 0 Å². The van der Waals surface area contributed by atoms with Crippen molar-refractivity contribution in [1.29, 1.82) is 0 Å². The van der Waals surface area contributed by atoms with Crippen LogP contribution in [-0.4, -0.2) is 42.1 Å². The van der Waals surface area contributed by atoms with Crippen molar-refractivity contribution in [2.75, 3.05) is 25.2 Å². The van der Waals surface area contributed by atoms with E-state index in [9.17, 15) is 9.59 Å². The van der Waals surface area contributed by atoms with Gasteiger partial charge in [-0.1, -0.05) is 6.07 Å². The Morgan fingerprint density at radius 2 is 2.21 bits per heavy atom. The molecular formula is C13H17NO4S. The number of ether oxygens (including phenoxy) is 1. The molecule has 1 aromatic rings. The van der Waals surface area contributed by atoms with Gasteiger partial charge in [-0.05, 0) is 36.6 Å². The number of nitrogens with one attached hydrogen (secondary N) is 1. The number of hydrogen-bond acceptors (Lipinski definition) is 4. The molecule has 19 heavy (non-hydrogen) atoms. The Morgan fingerprint density at radius 3 is 2.89 bits per heavy atom. The first-order valence-electron chi connectivity index (χ1n) is 5.85. The van der Waals surface area contributed by atoms with E-state index in [2.05, 4.69) is 5.32 Å². The summed E-state index contributed by atoms with van der Waals surface area (Å²) in [6.07, 6.45) is 2.94. The maximum absolute atomic E-state index is 11.8. The number of thioether (sulfide) groups is 1. The van der Waals surface area contributed by atoms with Crippen molar-refractivity contribution in [3.8, 4) is 5.75 Å². The fourth-order valence-electron chi connectivity index (χ4n) is 1.39. The highest BCUT2D eigenvalue weighted by Gasteiger charge is 2.06. The van der Waals surface area contributed by atoms with Crippen LogP contribution in [0.25, 0.3) is 0 Å². The highest BCUT2D eigenvalue weighted by molar-refractivity contribution is 7.98. The van der Waals surface area contributed by atoms with Gasteiger partial charge in [-0.15, -0.1) is 0 Å². The second kappa shape index (κ2) is 8.42. The number of carbonyl (C=O) groups excluding carboxylic acids is 1. The highest BCUT2D eigenvalue weighted by Crippen LogP contribution is 2.13. The molecule has 1 amide bonds. The Hall–Kier alpha value is -1.69. The summed E-state index contributed by atoms with van der Waals surface area (Å²) in [6.45, 7) is 0.207. The number of rotatable bonds is 8. The van der Waals surface area contributed by atoms with Gasteiger partial charge >= 0.3 is 5.97 Å². The van der Waals surface area contributed by atoms with E-state index in [1.807, 2.05) is 6.26 Å². The van der Waals surface area contributed by atoms with Crippen LogP contribution < -0.4 is 10.1 Å². The van der Waals surface area contributed by atoms with Crippen molar-refractivity contribution >= 4 is 23.6 Å². The van der Waals surface area contributed by atoms with Crippen LogP contribution in [0.4, 0.5) is 0 Å². The molecule has 0 atom stereocenters. The fraction of sp³-hybridized carbons (Fsp3) is 0.385. The maximum atomic E-state index is 11.8. The molecule has 0 radical (unpaired) electrons. The lowest BCUT2D eigenvalue weighted by atomic mass is 10.2. The molecule has 0 bridgehead atoms. The summed E-state index contributed by atoms with van der Waals surface area (Å²) in [6, 6.07) is 6.48. The van der Waals surface area contributed by atoms with Crippen molar-refractivity contribution in [2.24, 2.45) is 0 Å². The number of amides is 1. The van der Waals surface area contributed by atoms with Gasteiger partial charge in [0.15, 0.2) is 6.61 Å². The number of carboxylic acids is 1. The smallest absolute Gasteiger partial charge is 0.341 e. The molecule has 5 nitrogen and oxygen atoms in total. The summed E-state index contributed by atoms with van der Waals surface area (Å²) < 4.78 is 5.02. The van der Waals surface area contributed by atoms with Crippen LogP contribution in [0, 0.1) is 0 Å². The van der Waals surface area contributed by atoms with Crippen LogP contribution in [0.2, 0.25) is 0 Å². The molecule has 0 saturated carbocycles. The third-order valence-corrected chi connectivity index (χ3v) is 2.97. The summed E-state index contributed by atoms with van der Waals surface area (Å²) in [5, 5.41) is 11.3. The van der Waals surface area contributed by atoms with Gasteiger partial charge in [0, 0.05) is 12.1 Å². The summed E-state index contributed by atoms with van der Waals surface area (Å²) in [7, 11) is 0. The van der Waals surface area contributed by atoms with E-state index in [0.29, 0.717) is 17.9 Å². The van der Waals surface area contributed by atoms with Gasteiger partial charge in [0.05, 0.1) is 0 Å². The Morgan fingerprint density at radius 1 is 1.42 bits per heavy atom. The van der Waals surface area contributed by atoms with E-state index in [1.54, 1.807) is 30.0 Å². The zero-order chi connectivity index (χ0) is 14.1. The van der Waals surface area contributed by atoms with Crippen molar-refractivity contribution < 1.29 is 19.4 Å². The van der Waals surface area contributed by atoms with Gasteiger partial charge in [0.1, 0.15) is 5.75 Å². The van der Waals surface area contributed by atoms with E-state index < -0.39 is 12.6 Å². The van der Waals surface area contributed by atoms with Gasteiger partial charge in [0.25, 0.3) is 5.91 Å². The zero-order valence-corrected chi connectivity index (χ0v) is 11.5. The van der Waals surface area contributed by atoms with E-state index in [4.69, 9.17) is 9.84 Å². The minimum absolute atomic E-state index is 0.179. The molecule has 0 fully saturated rings. The Labute approximate surface area is 116 Å². The van der Waals surface area contributed by atoms with Crippen LogP contribution >= 0.6 is 11.8 Å². The van der Waals surface area contributed by atoms with E-state index in [-0.39, 0.29) is 5.91 Å². The molecule has 0 heterocycles. The number of aliphatic carboxylic acids is 1. The van der Waals surface area contributed by atoms with Crippen molar-refractivity contribution in [3.05, 3.63) is 29.8 Å². The van der Waals surface area contributed by atoms with Crippen LogP contribution in [0.3, 0.4) is 0 Å². The summed E-state index contributed by atoms with van der Waals surface area (Å²) >= 11 is 1.73. The Kier molecular flexibility index (Phi) is 6.81. The molecule has 104 valence electrons. The lowest BCUT2D eigenvalue weighted by Gasteiger charge is -2.07. The predicted octanol–water partition coefficient (Wildman–Crippen LogP) is 1.63.